The van der Waals surface area contributed by atoms with E-state index in [-0.39, 0.29) is 13.0 Å². The number of hydrogen-bond acceptors (Lipinski definition) is 7. The highest BCUT2D eigenvalue weighted by Gasteiger charge is 2.36. The van der Waals surface area contributed by atoms with Crippen LogP contribution < -0.4 is 20.2 Å². The van der Waals surface area contributed by atoms with Crippen molar-refractivity contribution >= 4 is 29.4 Å². The van der Waals surface area contributed by atoms with E-state index in [1.54, 1.807) is 36.4 Å². The first-order valence-corrected chi connectivity index (χ1v) is 10.2. The second-order valence-corrected chi connectivity index (χ2v) is 7.44. The van der Waals surface area contributed by atoms with Crippen molar-refractivity contribution < 1.29 is 33.4 Å². The zero-order valence-corrected chi connectivity index (χ0v) is 18.5. The smallest absolute Gasteiger partial charge is 0.311 e. The molecule has 0 aliphatic carbocycles. The van der Waals surface area contributed by atoms with Crippen molar-refractivity contribution in [2.75, 3.05) is 32.7 Å². The average molecular weight is 455 g/mol. The number of methoxy groups -OCH3 is 2. The molecule has 1 aliphatic heterocycles. The van der Waals surface area contributed by atoms with E-state index in [4.69, 9.17) is 14.2 Å². The molecule has 2 aromatic rings. The number of anilines is 1. The van der Waals surface area contributed by atoms with Gasteiger partial charge < -0.3 is 19.5 Å². The molecule has 3 amide bonds. The minimum absolute atomic E-state index is 0.0385. The average Bonchev–Trinajstić information content (AvgIpc) is 3.17. The van der Waals surface area contributed by atoms with Gasteiger partial charge in [0.2, 0.25) is 5.91 Å². The van der Waals surface area contributed by atoms with Gasteiger partial charge in [-0.25, -0.2) is 0 Å². The molecule has 0 saturated carbocycles. The molecule has 2 N–H and O–H groups in total. The van der Waals surface area contributed by atoms with E-state index < -0.39 is 36.2 Å². The van der Waals surface area contributed by atoms with Crippen LogP contribution in [-0.2, 0) is 19.1 Å². The van der Waals surface area contributed by atoms with Crippen molar-refractivity contribution in [3.63, 3.8) is 0 Å². The first-order chi connectivity index (χ1) is 15.8. The molecule has 0 radical (unpaired) electrons. The summed E-state index contributed by atoms with van der Waals surface area (Å²) in [5.41, 5.74) is 4.21. The highest BCUT2D eigenvalue weighted by molar-refractivity contribution is 5.97. The molecule has 1 aliphatic rings. The van der Waals surface area contributed by atoms with Crippen molar-refractivity contribution in [3.8, 4) is 11.5 Å². The molecule has 10 heteroatoms. The number of esters is 1. The summed E-state index contributed by atoms with van der Waals surface area (Å²) in [4.78, 5) is 49.2. The number of aryl methyl sites for hydroxylation is 1. The third kappa shape index (κ3) is 6.00. The molecule has 3 rings (SSSR count). The number of carbonyl (C=O) groups excluding carboxylic acids is 4. The maximum atomic E-state index is 12.4. The molecule has 174 valence electrons. The van der Waals surface area contributed by atoms with Crippen LogP contribution in [0.15, 0.2) is 42.5 Å². The van der Waals surface area contributed by atoms with E-state index in [2.05, 4.69) is 10.7 Å². The van der Waals surface area contributed by atoms with Crippen LogP contribution in [0, 0.1) is 12.8 Å². The molecule has 1 atom stereocenters. The van der Waals surface area contributed by atoms with Crippen LogP contribution in [0.5, 0.6) is 11.5 Å². The van der Waals surface area contributed by atoms with Crippen molar-refractivity contribution in [1.29, 1.82) is 0 Å². The summed E-state index contributed by atoms with van der Waals surface area (Å²) in [7, 11) is 2.96. The van der Waals surface area contributed by atoms with Gasteiger partial charge in [-0.3, -0.25) is 29.6 Å². The van der Waals surface area contributed by atoms with Crippen LogP contribution >= 0.6 is 0 Å². The van der Waals surface area contributed by atoms with Gasteiger partial charge in [0.25, 0.3) is 11.8 Å². The van der Waals surface area contributed by atoms with Crippen LogP contribution in [0.4, 0.5) is 5.69 Å². The largest absolute Gasteiger partial charge is 0.497 e. The monoisotopic (exact) mass is 455 g/mol. The van der Waals surface area contributed by atoms with Crippen LogP contribution in [0.25, 0.3) is 0 Å². The first-order valence-electron chi connectivity index (χ1n) is 10.2. The standard InChI is InChI=1S/C23H25N3O7/c1-14-5-4-6-15(9-14)22(29)25-26-12-16(10-21(26)28)23(30)33-13-20(27)24-18-8-7-17(31-2)11-19(18)32-3/h4-9,11,16H,10,12-13H2,1-3H3,(H,24,27)(H,25,29)/t16-/m0/s1. The topological polar surface area (TPSA) is 123 Å². The van der Waals surface area contributed by atoms with E-state index in [1.807, 2.05) is 13.0 Å². The van der Waals surface area contributed by atoms with Crippen LogP contribution in [0.3, 0.4) is 0 Å². The molecule has 0 spiro atoms. The lowest BCUT2D eigenvalue weighted by Crippen LogP contribution is -2.43. The normalized spacial score (nSPS) is 15.1. The van der Waals surface area contributed by atoms with Crippen molar-refractivity contribution in [2.24, 2.45) is 5.92 Å². The highest BCUT2D eigenvalue weighted by Crippen LogP contribution is 2.29. The lowest BCUT2D eigenvalue weighted by atomic mass is 10.1. The third-order valence-corrected chi connectivity index (χ3v) is 5.00. The zero-order chi connectivity index (χ0) is 24.0. The number of benzene rings is 2. The number of carbonyl (C=O) groups is 4. The predicted molar refractivity (Wildman–Crippen MR) is 118 cm³/mol. The minimum atomic E-state index is -0.793. The number of nitrogens with zero attached hydrogens (tertiary/aromatic N) is 1. The van der Waals surface area contributed by atoms with Crippen molar-refractivity contribution in [1.82, 2.24) is 10.4 Å². The van der Waals surface area contributed by atoms with E-state index in [9.17, 15) is 19.2 Å². The SMILES string of the molecule is COc1ccc(NC(=O)COC(=O)[C@H]2CC(=O)N(NC(=O)c3cccc(C)c3)C2)c(OC)c1. The highest BCUT2D eigenvalue weighted by atomic mass is 16.5. The minimum Gasteiger partial charge on any atom is -0.497 e. The maximum Gasteiger partial charge on any atom is 0.311 e. The Kier molecular flexibility index (Phi) is 7.50. The molecule has 1 heterocycles. The Morgan fingerprint density at radius 2 is 1.88 bits per heavy atom. The van der Waals surface area contributed by atoms with Gasteiger partial charge in [0.05, 0.1) is 32.4 Å². The number of hydrogen-bond donors (Lipinski definition) is 2. The summed E-state index contributed by atoms with van der Waals surface area (Å²) < 4.78 is 15.4. The number of rotatable bonds is 8. The second kappa shape index (κ2) is 10.5. The molecular weight excluding hydrogens is 430 g/mol. The fourth-order valence-corrected chi connectivity index (χ4v) is 3.29. The quantitative estimate of drug-likeness (QED) is 0.581. The summed E-state index contributed by atoms with van der Waals surface area (Å²) in [5, 5.41) is 3.69. The Morgan fingerprint density at radius 3 is 2.58 bits per heavy atom. The van der Waals surface area contributed by atoms with Gasteiger partial charge in [0.15, 0.2) is 6.61 Å². The summed E-state index contributed by atoms with van der Waals surface area (Å²) in [6.45, 7) is 1.28. The Labute approximate surface area is 190 Å². The van der Waals surface area contributed by atoms with E-state index in [0.29, 0.717) is 22.7 Å². The number of hydrazine groups is 1. The molecule has 10 nitrogen and oxygen atoms in total. The van der Waals surface area contributed by atoms with Gasteiger partial charge in [-0.2, -0.15) is 0 Å². The number of nitrogens with one attached hydrogen (secondary N) is 2. The maximum absolute atomic E-state index is 12.4. The van der Waals surface area contributed by atoms with Gasteiger partial charge in [0, 0.05) is 18.1 Å². The Balaban J connectivity index is 1.50. The second-order valence-electron chi connectivity index (χ2n) is 7.44. The van der Waals surface area contributed by atoms with Crippen molar-refractivity contribution in [3.05, 3.63) is 53.6 Å². The molecule has 2 aromatic carbocycles. The number of ether oxygens (including phenoxy) is 3. The Bertz CT molecular complexity index is 1070. The molecular formula is C23H25N3O7. The molecule has 0 aromatic heterocycles. The lowest BCUT2D eigenvalue weighted by molar-refractivity contribution is -0.151. The molecule has 1 fully saturated rings. The molecule has 0 unspecified atom stereocenters. The summed E-state index contributed by atoms with van der Waals surface area (Å²) in [6.07, 6.45) is -0.124. The summed E-state index contributed by atoms with van der Waals surface area (Å²) >= 11 is 0. The molecule has 0 bridgehead atoms. The number of amides is 3. The first kappa shape index (κ1) is 23.6. The molecule has 1 saturated heterocycles. The van der Waals surface area contributed by atoms with Gasteiger partial charge in [-0.1, -0.05) is 17.7 Å². The van der Waals surface area contributed by atoms with Gasteiger partial charge in [-0.15, -0.1) is 0 Å². The van der Waals surface area contributed by atoms with Gasteiger partial charge in [0.1, 0.15) is 11.5 Å². The lowest BCUT2D eigenvalue weighted by Gasteiger charge is -2.17. The van der Waals surface area contributed by atoms with Crippen LogP contribution in [0.2, 0.25) is 0 Å². The summed E-state index contributed by atoms with van der Waals surface area (Å²) in [6, 6.07) is 11.8. The van der Waals surface area contributed by atoms with Gasteiger partial charge in [-0.05, 0) is 31.2 Å². The van der Waals surface area contributed by atoms with Crippen LogP contribution in [-0.4, -0.2) is 56.1 Å². The fourth-order valence-electron chi connectivity index (χ4n) is 3.29. The van der Waals surface area contributed by atoms with Crippen molar-refractivity contribution in [2.45, 2.75) is 13.3 Å². The van der Waals surface area contributed by atoms with Gasteiger partial charge >= 0.3 is 5.97 Å². The Morgan fingerprint density at radius 1 is 1.09 bits per heavy atom. The predicted octanol–water partition coefficient (Wildman–Crippen LogP) is 1.69. The molecule has 33 heavy (non-hydrogen) atoms. The Hall–Kier alpha value is -4.08. The van der Waals surface area contributed by atoms with E-state index >= 15 is 0 Å². The van der Waals surface area contributed by atoms with E-state index in [0.717, 1.165) is 10.6 Å². The third-order valence-electron chi connectivity index (χ3n) is 5.00. The summed E-state index contributed by atoms with van der Waals surface area (Å²) in [5.74, 6) is -1.98. The fraction of sp³-hybridized carbons (Fsp3) is 0.304. The van der Waals surface area contributed by atoms with Crippen LogP contribution in [0.1, 0.15) is 22.3 Å². The van der Waals surface area contributed by atoms with E-state index in [1.165, 1.54) is 14.2 Å². The zero-order valence-electron chi connectivity index (χ0n) is 18.5.